The summed E-state index contributed by atoms with van der Waals surface area (Å²) in [4.78, 5) is 24.5. The lowest BCUT2D eigenvalue weighted by Gasteiger charge is -2.59. The van der Waals surface area contributed by atoms with Gasteiger partial charge in [0, 0.05) is 24.7 Å². The Morgan fingerprint density at radius 2 is 1.66 bits per heavy atom. The molecule has 1 unspecified atom stereocenters. The van der Waals surface area contributed by atoms with Crippen molar-refractivity contribution < 1.29 is 14.3 Å². The Morgan fingerprint density at radius 1 is 1.07 bits per heavy atom. The summed E-state index contributed by atoms with van der Waals surface area (Å²) in [7, 11) is 1.60. The first-order valence-electron chi connectivity index (χ1n) is 10.9. The second-order valence-electron chi connectivity index (χ2n) is 9.43. The van der Waals surface area contributed by atoms with E-state index in [1.165, 1.54) is 38.5 Å². The maximum atomic E-state index is 12.5. The van der Waals surface area contributed by atoms with Gasteiger partial charge in [-0.05, 0) is 92.9 Å². The van der Waals surface area contributed by atoms with Crippen LogP contribution in [0.2, 0.25) is 0 Å². The van der Waals surface area contributed by atoms with Gasteiger partial charge in [-0.2, -0.15) is 0 Å². The molecule has 6 nitrogen and oxygen atoms in total. The molecule has 3 N–H and O–H groups in total. The van der Waals surface area contributed by atoms with Crippen molar-refractivity contribution in [2.75, 3.05) is 19.0 Å². The van der Waals surface area contributed by atoms with E-state index >= 15 is 0 Å². The lowest BCUT2D eigenvalue weighted by atomic mass is 9.48. The van der Waals surface area contributed by atoms with Crippen LogP contribution in [0, 0.1) is 23.2 Å². The van der Waals surface area contributed by atoms with Gasteiger partial charge in [-0.15, -0.1) is 0 Å². The molecule has 0 aliphatic heterocycles. The molecule has 0 spiro atoms. The van der Waals surface area contributed by atoms with Gasteiger partial charge in [0.05, 0.1) is 7.11 Å². The van der Waals surface area contributed by atoms with Crippen molar-refractivity contribution in [2.45, 2.75) is 57.9 Å². The number of carbonyl (C=O) groups excluding carboxylic acids is 2. The number of urea groups is 1. The summed E-state index contributed by atoms with van der Waals surface area (Å²) in [6, 6.07) is 7.04. The van der Waals surface area contributed by atoms with Crippen molar-refractivity contribution in [3.05, 3.63) is 24.3 Å². The average molecular weight is 400 g/mol. The molecule has 0 heterocycles. The zero-order valence-corrected chi connectivity index (χ0v) is 17.5. The molecule has 1 aromatic carbocycles. The van der Waals surface area contributed by atoms with E-state index in [0.29, 0.717) is 24.1 Å². The highest BCUT2D eigenvalue weighted by molar-refractivity contribution is 5.89. The van der Waals surface area contributed by atoms with Gasteiger partial charge in [0.2, 0.25) is 5.91 Å². The van der Waals surface area contributed by atoms with Gasteiger partial charge < -0.3 is 20.7 Å². The predicted molar refractivity (Wildman–Crippen MR) is 113 cm³/mol. The Hall–Kier alpha value is -2.24. The molecule has 1 atom stereocenters. The van der Waals surface area contributed by atoms with Crippen LogP contribution in [-0.2, 0) is 4.79 Å². The van der Waals surface area contributed by atoms with Crippen molar-refractivity contribution in [1.29, 1.82) is 0 Å². The van der Waals surface area contributed by atoms with Gasteiger partial charge in [-0.1, -0.05) is 0 Å². The lowest BCUT2D eigenvalue weighted by Crippen LogP contribution is -2.56. The second kappa shape index (κ2) is 8.25. The molecule has 4 bridgehead atoms. The highest BCUT2D eigenvalue weighted by Crippen LogP contribution is 2.61. The Balaban J connectivity index is 1.19. The number of hydrogen-bond acceptors (Lipinski definition) is 3. The van der Waals surface area contributed by atoms with Crippen LogP contribution in [0.4, 0.5) is 10.5 Å². The molecule has 4 aliphatic rings. The molecular formula is C23H33N3O3. The third-order valence-corrected chi connectivity index (χ3v) is 7.37. The van der Waals surface area contributed by atoms with Gasteiger partial charge in [-0.3, -0.25) is 4.79 Å². The molecule has 3 amide bonds. The highest BCUT2D eigenvalue weighted by atomic mass is 16.5. The summed E-state index contributed by atoms with van der Waals surface area (Å²) in [6.07, 6.45) is 8.37. The Morgan fingerprint density at radius 3 is 2.21 bits per heavy atom. The van der Waals surface area contributed by atoms with Crippen molar-refractivity contribution in [1.82, 2.24) is 10.6 Å². The van der Waals surface area contributed by atoms with Crippen LogP contribution in [0.15, 0.2) is 24.3 Å². The first-order valence-corrected chi connectivity index (χ1v) is 10.9. The summed E-state index contributed by atoms with van der Waals surface area (Å²) >= 11 is 0. The number of methoxy groups -OCH3 is 1. The molecule has 4 fully saturated rings. The van der Waals surface area contributed by atoms with E-state index < -0.39 is 0 Å². The van der Waals surface area contributed by atoms with Crippen LogP contribution >= 0.6 is 0 Å². The largest absolute Gasteiger partial charge is 0.497 e. The van der Waals surface area contributed by atoms with Crippen molar-refractivity contribution in [2.24, 2.45) is 23.2 Å². The Labute approximate surface area is 173 Å². The fraction of sp³-hybridized carbons (Fsp3) is 0.652. The second-order valence-corrected chi connectivity index (χ2v) is 9.43. The minimum Gasteiger partial charge on any atom is -0.497 e. The first-order chi connectivity index (χ1) is 14.0. The molecule has 0 radical (unpaired) electrons. The quantitative estimate of drug-likeness (QED) is 0.650. The zero-order valence-electron chi connectivity index (χ0n) is 17.5. The number of nitrogens with one attached hydrogen (secondary N) is 3. The van der Waals surface area contributed by atoms with E-state index in [4.69, 9.17) is 4.74 Å². The van der Waals surface area contributed by atoms with Gasteiger partial charge in [-0.25, -0.2) is 4.79 Å². The number of anilines is 1. The van der Waals surface area contributed by atoms with Gasteiger partial charge in [0.1, 0.15) is 5.75 Å². The van der Waals surface area contributed by atoms with Crippen LogP contribution in [0.3, 0.4) is 0 Å². The van der Waals surface area contributed by atoms with E-state index in [9.17, 15) is 9.59 Å². The molecule has 29 heavy (non-hydrogen) atoms. The van der Waals surface area contributed by atoms with E-state index in [2.05, 4.69) is 22.9 Å². The maximum absolute atomic E-state index is 12.5. The van der Waals surface area contributed by atoms with E-state index in [1.54, 1.807) is 31.4 Å². The molecule has 4 aliphatic carbocycles. The minimum absolute atomic E-state index is 0.0259. The molecule has 0 saturated heterocycles. The van der Waals surface area contributed by atoms with Crippen molar-refractivity contribution in [3.8, 4) is 5.75 Å². The van der Waals surface area contributed by atoms with E-state index in [1.807, 2.05) is 0 Å². The topological polar surface area (TPSA) is 79.5 Å². The molecule has 6 heteroatoms. The fourth-order valence-corrected chi connectivity index (χ4v) is 6.31. The Kier molecular flexibility index (Phi) is 5.70. The number of amides is 3. The molecule has 4 saturated carbocycles. The average Bonchev–Trinajstić information content (AvgIpc) is 2.67. The Bertz CT molecular complexity index is 711. The van der Waals surface area contributed by atoms with Crippen LogP contribution in [0.25, 0.3) is 0 Å². The van der Waals surface area contributed by atoms with Gasteiger partial charge in [0.15, 0.2) is 0 Å². The molecule has 0 aromatic heterocycles. The summed E-state index contributed by atoms with van der Waals surface area (Å²) in [5.74, 6) is 3.40. The molecule has 158 valence electrons. The number of carbonyl (C=O) groups is 2. The third kappa shape index (κ3) is 4.51. The predicted octanol–water partition coefficient (Wildman–Crippen LogP) is 3.93. The van der Waals surface area contributed by atoms with Crippen LogP contribution < -0.4 is 20.7 Å². The summed E-state index contributed by atoms with van der Waals surface area (Å²) in [5, 5.41) is 8.77. The fourth-order valence-electron chi connectivity index (χ4n) is 6.31. The van der Waals surface area contributed by atoms with E-state index in [0.717, 1.165) is 23.5 Å². The monoisotopic (exact) mass is 399 g/mol. The standard InChI is InChI=1S/C23H33N3O3/c1-15(23-12-16-9-17(13-23)11-18(10-16)14-23)25-21(27)7-8-24-22(28)26-19-3-5-20(29-2)6-4-19/h3-6,15-18H,7-14H2,1-2H3,(H,25,27)(H2,24,26,28). The van der Waals surface area contributed by atoms with Crippen molar-refractivity contribution in [3.63, 3.8) is 0 Å². The number of benzene rings is 1. The van der Waals surface area contributed by atoms with Crippen LogP contribution in [0.1, 0.15) is 51.9 Å². The number of hydrogen-bond donors (Lipinski definition) is 3. The number of ether oxygens (including phenoxy) is 1. The summed E-state index contributed by atoms with van der Waals surface area (Å²) in [6.45, 7) is 2.51. The van der Waals surface area contributed by atoms with Crippen molar-refractivity contribution >= 4 is 17.6 Å². The maximum Gasteiger partial charge on any atom is 0.319 e. The molecular weight excluding hydrogens is 366 g/mol. The van der Waals surface area contributed by atoms with Crippen LogP contribution in [0.5, 0.6) is 5.75 Å². The highest BCUT2D eigenvalue weighted by Gasteiger charge is 2.53. The normalized spacial score (nSPS) is 30.5. The first kappa shape index (κ1) is 20.0. The molecule has 5 rings (SSSR count). The summed E-state index contributed by atoms with van der Waals surface area (Å²) < 4.78 is 5.10. The minimum atomic E-state index is -0.308. The molecule has 1 aromatic rings. The van der Waals surface area contributed by atoms with E-state index in [-0.39, 0.29) is 18.0 Å². The zero-order chi connectivity index (χ0) is 20.4. The SMILES string of the molecule is COc1ccc(NC(=O)NCCC(=O)NC(C)C23CC4CC(CC(C4)C2)C3)cc1. The smallest absolute Gasteiger partial charge is 0.319 e. The number of rotatable bonds is 7. The van der Waals surface area contributed by atoms with Crippen LogP contribution in [-0.4, -0.2) is 31.6 Å². The van der Waals surface area contributed by atoms with Gasteiger partial charge in [0.25, 0.3) is 0 Å². The van der Waals surface area contributed by atoms with Gasteiger partial charge >= 0.3 is 6.03 Å². The lowest BCUT2D eigenvalue weighted by molar-refractivity contribution is -0.125. The third-order valence-electron chi connectivity index (χ3n) is 7.37. The summed E-state index contributed by atoms with van der Waals surface area (Å²) in [5.41, 5.74) is 0.993.